The van der Waals surface area contributed by atoms with E-state index in [0.29, 0.717) is 12.3 Å². The van der Waals surface area contributed by atoms with Crippen LogP contribution in [0, 0.1) is 5.92 Å². The van der Waals surface area contributed by atoms with E-state index in [4.69, 9.17) is 0 Å². The molecule has 0 fully saturated rings. The molecule has 3 rings (SSSR count). The Bertz CT molecular complexity index is 847. The summed E-state index contributed by atoms with van der Waals surface area (Å²) in [6.07, 6.45) is 6.73. The standard InChI is InChI=1S/C21H30N4OS2/c1-6-10-25-19(17-12-15-11-14(7-2)8-9-16(15)28-17)23-24-20(25)27-13-18(26)22-21(3,4)5/h6,12,14H,1,7-11,13H2,2-5H3,(H,22,26). The smallest absolute Gasteiger partial charge is 0.230 e. The number of thioether (sulfide) groups is 1. The van der Waals surface area contributed by atoms with Gasteiger partial charge in [0.05, 0.1) is 10.6 Å². The fourth-order valence-electron chi connectivity index (χ4n) is 3.51. The average molecular weight is 419 g/mol. The van der Waals surface area contributed by atoms with Gasteiger partial charge in [-0.25, -0.2) is 0 Å². The van der Waals surface area contributed by atoms with E-state index in [-0.39, 0.29) is 11.4 Å². The number of rotatable bonds is 7. The number of aryl methyl sites for hydroxylation is 1. The molecule has 2 heterocycles. The Hall–Kier alpha value is -1.60. The molecule has 0 saturated heterocycles. The van der Waals surface area contributed by atoms with Crippen LogP contribution >= 0.6 is 23.1 Å². The molecule has 0 spiro atoms. The van der Waals surface area contributed by atoms with Crippen molar-refractivity contribution in [2.75, 3.05) is 5.75 Å². The number of fused-ring (bicyclic) bond motifs is 1. The van der Waals surface area contributed by atoms with E-state index in [9.17, 15) is 4.79 Å². The van der Waals surface area contributed by atoms with Crippen LogP contribution in [0.2, 0.25) is 0 Å². The first-order valence-electron chi connectivity index (χ1n) is 9.90. The number of amides is 1. The highest BCUT2D eigenvalue weighted by atomic mass is 32.2. The van der Waals surface area contributed by atoms with E-state index < -0.39 is 0 Å². The van der Waals surface area contributed by atoms with Crippen molar-refractivity contribution >= 4 is 29.0 Å². The minimum Gasteiger partial charge on any atom is -0.351 e. The summed E-state index contributed by atoms with van der Waals surface area (Å²) in [4.78, 5) is 14.8. The first kappa shape index (κ1) is 21.1. The van der Waals surface area contributed by atoms with Gasteiger partial charge in [0.2, 0.25) is 5.91 Å². The molecule has 1 aliphatic rings. The lowest BCUT2D eigenvalue weighted by molar-refractivity contribution is -0.119. The Labute approximate surface area is 176 Å². The molecule has 1 aliphatic carbocycles. The Kier molecular flexibility index (Phi) is 6.65. The van der Waals surface area contributed by atoms with Crippen molar-refractivity contribution in [2.24, 2.45) is 5.92 Å². The largest absolute Gasteiger partial charge is 0.351 e. The second-order valence-electron chi connectivity index (χ2n) is 8.37. The number of hydrogen-bond donors (Lipinski definition) is 1. The summed E-state index contributed by atoms with van der Waals surface area (Å²) in [6.45, 7) is 12.7. The number of hydrogen-bond acceptors (Lipinski definition) is 5. The first-order valence-corrected chi connectivity index (χ1v) is 11.7. The third-order valence-corrected chi connectivity index (χ3v) is 7.06. The topological polar surface area (TPSA) is 59.8 Å². The van der Waals surface area contributed by atoms with Crippen LogP contribution in [0.25, 0.3) is 10.7 Å². The number of aromatic nitrogens is 3. The summed E-state index contributed by atoms with van der Waals surface area (Å²) in [7, 11) is 0. The second-order valence-corrected chi connectivity index (χ2v) is 10.4. The number of thiophene rings is 1. The molecule has 2 aromatic heterocycles. The number of carbonyl (C=O) groups is 1. The van der Waals surface area contributed by atoms with Gasteiger partial charge in [-0.3, -0.25) is 9.36 Å². The fourth-order valence-corrected chi connectivity index (χ4v) is 5.46. The molecule has 0 saturated carbocycles. The lowest BCUT2D eigenvalue weighted by Crippen LogP contribution is -2.41. The van der Waals surface area contributed by atoms with Crippen LogP contribution in [0.3, 0.4) is 0 Å². The lowest BCUT2D eigenvalue weighted by Gasteiger charge is -2.20. The molecular weight excluding hydrogens is 388 g/mol. The van der Waals surface area contributed by atoms with Crippen LogP contribution in [0.4, 0.5) is 0 Å². The first-order chi connectivity index (χ1) is 13.3. The SMILES string of the molecule is C=CCn1c(SCC(=O)NC(C)(C)C)nnc1-c1cc2c(s1)CCC(CC)C2. The minimum absolute atomic E-state index is 0.00407. The molecule has 0 aromatic carbocycles. The maximum Gasteiger partial charge on any atom is 0.230 e. The maximum absolute atomic E-state index is 12.2. The second kappa shape index (κ2) is 8.82. The van der Waals surface area contributed by atoms with E-state index in [1.54, 1.807) is 0 Å². The molecule has 0 bridgehead atoms. The normalized spacial score (nSPS) is 16.6. The van der Waals surface area contributed by atoms with Crippen molar-refractivity contribution in [3.63, 3.8) is 0 Å². The summed E-state index contributed by atoms with van der Waals surface area (Å²) < 4.78 is 2.07. The molecule has 0 aliphatic heterocycles. The Morgan fingerprint density at radius 2 is 2.25 bits per heavy atom. The Morgan fingerprint density at radius 3 is 2.93 bits per heavy atom. The van der Waals surface area contributed by atoms with Crippen LogP contribution in [-0.2, 0) is 24.2 Å². The van der Waals surface area contributed by atoms with Gasteiger partial charge in [-0.1, -0.05) is 31.2 Å². The quantitative estimate of drug-likeness (QED) is 0.522. The van der Waals surface area contributed by atoms with E-state index >= 15 is 0 Å². The molecule has 1 amide bonds. The molecule has 1 unspecified atom stereocenters. The van der Waals surface area contributed by atoms with E-state index in [1.165, 1.54) is 52.8 Å². The lowest BCUT2D eigenvalue weighted by atomic mass is 9.87. The highest BCUT2D eigenvalue weighted by Crippen LogP contribution is 2.38. The predicted octanol–water partition coefficient (Wildman–Crippen LogP) is 4.71. The van der Waals surface area contributed by atoms with E-state index in [2.05, 4.69) is 39.7 Å². The molecule has 152 valence electrons. The van der Waals surface area contributed by atoms with Gasteiger partial charge < -0.3 is 5.32 Å². The summed E-state index contributed by atoms with van der Waals surface area (Å²) >= 11 is 3.26. The molecule has 5 nitrogen and oxygen atoms in total. The van der Waals surface area contributed by atoms with Crippen molar-refractivity contribution in [3.05, 3.63) is 29.2 Å². The summed E-state index contributed by atoms with van der Waals surface area (Å²) in [5.74, 6) is 2.01. The van der Waals surface area contributed by atoms with Crippen LogP contribution in [-0.4, -0.2) is 32.0 Å². The highest BCUT2D eigenvalue weighted by Gasteiger charge is 2.23. The van der Waals surface area contributed by atoms with Crippen molar-refractivity contribution in [2.45, 2.75) is 70.6 Å². The van der Waals surface area contributed by atoms with Gasteiger partial charge in [0.15, 0.2) is 11.0 Å². The molecule has 2 aromatic rings. The zero-order chi connectivity index (χ0) is 20.3. The van der Waals surface area contributed by atoms with Gasteiger partial charge in [-0.15, -0.1) is 28.1 Å². The monoisotopic (exact) mass is 418 g/mol. The highest BCUT2D eigenvalue weighted by molar-refractivity contribution is 7.99. The fraction of sp³-hybridized carbons (Fsp3) is 0.571. The summed E-state index contributed by atoms with van der Waals surface area (Å²) in [5.41, 5.74) is 1.24. The van der Waals surface area contributed by atoms with Crippen molar-refractivity contribution in [1.29, 1.82) is 0 Å². The third-order valence-electron chi connectivity index (χ3n) is 4.86. The van der Waals surface area contributed by atoms with Gasteiger partial charge in [-0.05, 0) is 57.6 Å². The molecule has 0 radical (unpaired) electrons. The van der Waals surface area contributed by atoms with Gasteiger partial charge in [0.1, 0.15) is 0 Å². The van der Waals surface area contributed by atoms with Crippen LogP contribution < -0.4 is 5.32 Å². The van der Waals surface area contributed by atoms with Crippen LogP contribution in [0.15, 0.2) is 23.9 Å². The molecule has 1 atom stereocenters. The van der Waals surface area contributed by atoms with Crippen LogP contribution in [0.1, 0.15) is 51.0 Å². The van der Waals surface area contributed by atoms with Crippen molar-refractivity contribution in [1.82, 2.24) is 20.1 Å². The molecule has 7 heteroatoms. The van der Waals surface area contributed by atoms with Gasteiger partial charge in [-0.2, -0.15) is 0 Å². The predicted molar refractivity (Wildman–Crippen MR) is 118 cm³/mol. The van der Waals surface area contributed by atoms with E-state index in [0.717, 1.165) is 16.9 Å². The molecule has 28 heavy (non-hydrogen) atoms. The van der Waals surface area contributed by atoms with Crippen molar-refractivity contribution in [3.8, 4) is 10.7 Å². The zero-order valence-corrected chi connectivity index (χ0v) is 18.9. The number of nitrogens with zero attached hydrogens (tertiary/aromatic N) is 3. The number of carbonyl (C=O) groups excluding carboxylic acids is 1. The molecule has 1 N–H and O–H groups in total. The summed E-state index contributed by atoms with van der Waals surface area (Å²) in [6, 6.07) is 2.30. The minimum atomic E-state index is -0.232. The zero-order valence-electron chi connectivity index (χ0n) is 17.2. The van der Waals surface area contributed by atoms with Gasteiger partial charge in [0.25, 0.3) is 0 Å². The number of nitrogens with one attached hydrogen (secondary N) is 1. The number of allylic oxidation sites excluding steroid dienone is 1. The Balaban J connectivity index is 1.79. The van der Waals surface area contributed by atoms with Crippen LogP contribution in [0.5, 0.6) is 0 Å². The van der Waals surface area contributed by atoms with E-state index in [1.807, 2.05) is 38.2 Å². The maximum atomic E-state index is 12.2. The third kappa shape index (κ3) is 5.06. The Morgan fingerprint density at radius 1 is 1.46 bits per heavy atom. The van der Waals surface area contributed by atoms with Gasteiger partial charge >= 0.3 is 0 Å². The van der Waals surface area contributed by atoms with Gasteiger partial charge in [0, 0.05) is 17.0 Å². The average Bonchev–Trinajstić information content (AvgIpc) is 3.21. The summed E-state index contributed by atoms with van der Waals surface area (Å²) in [5, 5.41) is 12.6. The van der Waals surface area contributed by atoms with Crippen molar-refractivity contribution < 1.29 is 4.79 Å². The molecular formula is C21H30N4OS2.